The third-order valence-corrected chi connectivity index (χ3v) is 5.91. The first kappa shape index (κ1) is 16.9. The number of amides is 1. The number of anilines is 1. The van der Waals surface area contributed by atoms with Gasteiger partial charge in [0, 0.05) is 22.7 Å². The van der Waals surface area contributed by atoms with E-state index in [0.29, 0.717) is 17.2 Å². The molecule has 0 saturated heterocycles. The zero-order valence-corrected chi connectivity index (χ0v) is 15.6. The van der Waals surface area contributed by atoms with Crippen LogP contribution in [0.2, 0.25) is 0 Å². The lowest BCUT2D eigenvalue weighted by Crippen LogP contribution is -2.22. The normalized spacial score (nSPS) is 13.4. The van der Waals surface area contributed by atoms with E-state index in [1.165, 1.54) is 11.8 Å². The number of nitrogens with zero attached hydrogens (tertiary/aromatic N) is 1. The van der Waals surface area contributed by atoms with E-state index in [1.807, 2.05) is 42.6 Å². The van der Waals surface area contributed by atoms with Crippen LogP contribution in [-0.2, 0) is 4.79 Å². The molecule has 3 aromatic rings. The molecule has 1 amide bonds. The van der Waals surface area contributed by atoms with Crippen molar-refractivity contribution in [1.82, 2.24) is 4.98 Å². The molecule has 0 bridgehead atoms. The first-order valence-electron chi connectivity index (χ1n) is 8.07. The van der Waals surface area contributed by atoms with Crippen LogP contribution in [0.4, 0.5) is 5.69 Å². The van der Waals surface area contributed by atoms with Crippen LogP contribution in [-0.4, -0.2) is 22.9 Å². The van der Waals surface area contributed by atoms with Crippen LogP contribution in [0.3, 0.4) is 0 Å². The molecule has 7 heteroatoms. The van der Waals surface area contributed by atoms with Crippen molar-refractivity contribution in [2.45, 2.75) is 16.5 Å². The average molecular weight is 384 g/mol. The molecule has 0 spiro atoms. The number of thioether (sulfide) groups is 1. The number of hydrogen-bond donors (Lipinski definition) is 1. The predicted molar refractivity (Wildman–Crippen MR) is 104 cm³/mol. The number of nitrogens with one attached hydrogen (secondary N) is 1. The molecular weight excluding hydrogens is 368 g/mol. The van der Waals surface area contributed by atoms with E-state index in [0.717, 1.165) is 15.6 Å². The van der Waals surface area contributed by atoms with Crippen LogP contribution >= 0.6 is 23.1 Å². The monoisotopic (exact) mass is 384 g/mol. The van der Waals surface area contributed by atoms with Gasteiger partial charge in [0.1, 0.15) is 0 Å². The largest absolute Gasteiger partial charge is 0.454 e. The molecule has 2 aromatic carbocycles. The molecule has 132 valence electrons. The highest BCUT2D eigenvalue weighted by atomic mass is 32.2. The van der Waals surface area contributed by atoms with Crippen LogP contribution in [0.15, 0.2) is 58.3 Å². The van der Waals surface area contributed by atoms with Crippen molar-refractivity contribution in [3.63, 3.8) is 0 Å². The molecule has 1 aliphatic heterocycles. The van der Waals surface area contributed by atoms with E-state index >= 15 is 0 Å². The summed E-state index contributed by atoms with van der Waals surface area (Å²) in [6, 6.07) is 15.4. The number of aromatic nitrogens is 1. The van der Waals surface area contributed by atoms with E-state index in [4.69, 9.17) is 9.47 Å². The van der Waals surface area contributed by atoms with Gasteiger partial charge in [-0.05, 0) is 19.1 Å². The summed E-state index contributed by atoms with van der Waals surface area (Å²) in [5.74, 6) is 1.27. The number of thiazole rings is 1. The molecule has 5 nitrogen and oxygen atoms in total. The maximum Gasteiger partial charge on any atom is 0.237 e. The summed E-state index contributed by atoms with van der Waals surface area (Å²) >= 11 is 3.00. The number of carbonyl (C=O) groups is 1. The summed E-state index contributed by atoms with van der Waals surface area (Å²) in [6.45, 7) is 2.09. The predicted octanol–water partition coefficient (Wildman–Crippen LogP) is 4.66. The van der Waals surface area contributed by atoms with Crippen LogP contribution < -0.4 is 14.8 Å². The van der Waals surface area contributed by atoms with Gasteiger partial charge in [0.15, 0.2) is 15.8 Å². The minimum absolute atomic E-state index is 0.0784. The Kier molecular flexibility index (Phi) is 4.81. The topological polar surface area (TPSA) is 60.5 Å². The fourth-order valence-corrected chi connectivity index (χ4v) is 4.45. The summed E-state index contributed by atoms with van der Waals surface area (Å²) in [4.78, 5) is 17.1. The zero-order valence-electron chi connectivity index (χ0n) is 14.0. The van der Waals surface area contributed by atoms with Crippen molar-refractivity contribution in [3.8, 4) is 22.8 Å². The van der Waals surface area contributed by atoms with Gasteiger partial charge in [-0.15, -0.1) is 11.3 Å². The number of fused-ring (bicyclic) bond motifs is 1. The lowest BCUT2D eigenvalue weighted by Gasteiger charge is -2.11. The Hall–Kier alpha value is -2.51. The SMILES string of the molecule is CC(Sc1nc(-c2ccccc2)cs1)C(=O)Nc1ccc2c(c1)OCO2. The van der Waals surface area contributed by atoms with Gasteiger partial charge in [0.2, 0.25) is 12.7 Å². The second-order valence-corrected chi connectivity index (χ2v) is 8.13. The Morgan fingerprint density at radius 2 is 2.00 bits per heavy atom. The summed E-state index contributed by atoms with van der Waals surface area (Å²) in [5, 5.41) is 4.66. The summed E-state index contributed by atoms with van der Waals surface area (Å²) in [6.07, 6.45) is 0. The summed E-state index contributed by atoms with van der Waals surface area (Å²) < 4.78 is 11.5. The molecular formula is C19H16N2O3S2. The second kappa shape index (κ2) is 7.39. The first-order chi connectivity index (χ1) is 12.7. The van der Waals surface area contributed by atoms with Crippen LogP contribution in [0.5, 0.6) is 11.5 Å². The summed E-state index contributed by atoms with van der Waals surface area (Å²) in [7, 11) is 0. The molecule has 4 rings (SSSR count). The molecule has 0 fully saturated rings. The fourth-order valence-electron chi connectivity index (χ4n) is 2.48. The lowest BCUT2D eigenvalue weighted by atomic mass is 10.2. The number of hydrogen-bond acceptors (Lipinski definition) is 6. The third kappa shape index (κ3) is 3.68. The van der Waals surface area contributed by atoms with Crippen LogP contribution in [0, 0.1) is 0 Å². The van der Waals surface area contributed by atoms with Crippen molar-refractivity contribution >= 4 is 34.7 Å². The Balaban J connectivity index is 1.39. The average Bonchev–Trinajstić information content (AvgIpc) is 3.31. The standard InChI is InChI=1S/C19H16N2O3S2/c1-12(18(22)20-14-7-8-16-17(9-14)24-11-23-16)26-19-21-15(10-25-19)13-5-3-2-4-6-13/h2-10,12H,11H2,1H3,(H,20,22). The molecule has 0 saturated carbocycles. The fraction of sp³-hybridized carbons (Fsp3) is 0.158. The van der Waals surface area contributed by atoms with Crippen molar-refractivity contribution < 1.29 is 14.3 Å². The van der Waals surface area contributed by atoms with Gasteiger partial charge in [-0.2, -0.15) is 0 Å². The van der Waals surface area contributed by atoms with Gasteiger partial charge in [-0.3, -0.25) is 4.79 Å². The third-order valence-electron chi connectivity index (χ3n) is 3.84. The Morgan fingerprint density at radius 1 is 1.19 bits per heavy atom. The molecule has 1 atom stereocenters. The highest BCUT2D eigenvalue weighted by Gasteiger charge is 2.19. The van der Waals surface area contributed by atoms with E-state index in [2.05, 4.69) is 10.3 Å². The van der Waals surface area contributed by atoms with Crippen molar-refractivity contribution in [1.29, 1.82) is 0 Å². The Morgan fingerprint density at radius 3 is 2.85 bits per heavy atom. The molecule has 0 radical (unpaired) electrons. The quantitative estimate of drug-likeness (QED) is 0.649. The highest BCUT2D eigenvalue weighted by Crippen LogP contribution is 2.35. The number of benzene rings is 2. The highest BCUT2D eigenvalue weighted by molar-refractivity contribution is 8.02. The molecule has 26 heavy (non-hydrogen) atoms. The Bertz CT molecular complexity index is 928. The lowest BCUT2D eigenvalue weighted by molar-refractivity contribution is -0.115. The van der Waals surface area contributed by atoms with Crippen LogP contribution in [0.1, 0.15) is 6.92 Å². The van der Waals surface area contributed by atoms with Crippen LogP contribution in [0.25, 0.3) is 11.3 Å². The molecule has 1 N–H and O–H groups in total. The van der Waals surface area contributed by atoms with E-state index in [-0.39, 0.29) is 18.0 Å². The molecule has 1 aliphatic rings. The molecule has 1 unspecified atom stereocenters. The number of carbonyl (C=O) groups excluding carboxylic acids is 1. The van der Waals surface area contributed by atoms with Gasteiger partial charge < -0.3 is 14.8 Å². The smallest absolute Gasteiger partial charge is 0.237 e. The van der Waals surface area contributed by atoms with Gasteiger partial charge in [0.25, 0.3) is 0 Å². The molecule has 1 aromatic heterocycles. The van der Waals surface area contributed by atoms with Gasteiger partial charge in [-0.25, -0.2) is 4.98 Å². The second-order valence-electron chi connectivity index (χ2n) is 5.68. The Labute approximate surface area is 159 Å². The number of ether oxygens (including phenoxy) is 2. The van der Waals surface area contributed by atoms with Gasteiger partial charge in [-0.1, -0.05) is 42.1 Å². The van der Waals surface area contributed by atoms with E-state index in [9.17, 15) is 4.79 Å². The first-order valence-corrected chi connectivity index (χ1v) is 9.83. The van der Waals surface area contributed by atoms with Crippen molar-refractivity contribution in [3.05, 3.63) is 53.9 Å². The van der Waals surface area contributed by atoms with Gasteiger partial charge >= 0.3 is 0 Å². The van der Waals surface area contributed by atoms with E-state index < -0.39 is 0 Å². The zero-order chi connectivity index (χ0) is 17.9. The molecule has 0 aliphatic carbocycles. The summed E-state index contributed by atoms with van der Waals surface area (Å²) in [5.41, 5.74) is 2.70. The maximum absolute atomic E-state index is 12.5. The van der Waals surface area contributed by atoms with E-state index in [1.54, 1.807) is 29.5 Å². The minimum Gasteiger partial charge on any atom is -0.454 e. The molecule has 2 heterocycles. The maximum atomic E-state index is 12.5. The van der Waals surface area contributed by atoms with Crippen molar-refractivity contribution in [2.75, 3.05) is 12.1 Å². The van der Waals surface area contributed by atoms with Crippen molar-refractivity contribution in [2.24, 2.45) is 0 Å². The number of rotatable bonds is 5. The minimum atomic E-state index is -0.268. The van der Waals surface area contributed by atoms with Gasteiger partial charge in [0.05, 0.1) is 10.9 Å².